The quantitative estimate of drug-likeness (QED) is 0.713. The van der Waals surface area contributed by atoms with Crippen LogP contribution in [0.2, 0.25) is 0 Å². The SMILES string of the molecule is COc1ccc(-c2ncc(CCCO)cc2-c2ccc(C)cc2)cc1. The summed E-state index contributed by atoms with van der Waals surface area (Å²) in [7, 11) is 1.67. The van der Waals surface area contributed by atoms with Gasteiger partial charge in [0, 0.05) is 23.9 Å². The molecule has 0 atom stereocenters. The monoisotopic (exact) mass is 333 g/mol. The third-order valence-electron chi connectivity index (χ3n) is 4.29. The van der Waals surface area contributed by atoms with E-state index in [0.717, 1.165) is 46.5 Å². The van der Waals surface area contributed by atoms with E-state index in [1.807, 2.05) is 30.5 Å². The predicted molar refractivity (Wildman–Crippen MR) is 102 cm³/mol. The van der Waals surface area contributed by atoms with Gasteiger partial charge < -0.3 is 9.84 Å². The van der Waals surface area contributed by atoms with Gasteiger partial charge in [-0.05, 0) is 61.2 Å². The van der Waals surface area contributed by atoms with Crippen LogP contribution in [0.15, 0.2) is 60.8 Å². The molecule has 0 saturated carbocycles. The standard InChI is InChI=1S/C22H23NO2/c1-16-5-7-18(8-6-16)21-14-17(4-3-13-24)15-23-22(21)19-9-11-20(25-2)12-10-19/h5-12,14-15,24H,3-4,13H2,1-2H3. The molecule has 25 heavy (non-hydrogen) atoms. The number of aliphatic hydroxyl groups is 1. The number of aryl methyl sites for hydroxylation is 2. The fourth-order valence-corrected chi connectivity index (χ4v) is 2.86. The van der Waals surface area contributed by atoms with Crippen molar-refractivity contribution in [2.45, 2.75) is 19.8 Å². The first kappa shape index (κ1) is 17.2. The van der Waals surface area contributed by atoms with Crippen molar-refractivity contribution >= 4 is 0 Å². The van der Waals surface area contributed by atoms with Gasteiger partial charge in [-0.1, -0.05) is 29.8 Å². The van der Waals surface area contributed by atoms with Crippen LogP contribution in [-0.2, 0) is 6.42 Å². The smallest absolute Gasteiger partial charge is 0.118 e. The van der Waals surface area contributed by atoms with Gasteiger partial charge in [-0.25, -0.2) is 0 Å². The topological polar surface area (TPSA) is 42.4 Å². The van der Waals surface area contributed by atoms with E-state index >= 15 is 0 Å². The Hall–Kier alpha value is -2.65. The van der Waals surface area contributed by atoms with Crippen LogP contribution in [0.1, 0.15) is 17.5 Å². The number of aliphatic hydroxyl groups excluding tert-OH is 1. The molecule has 3 heteroatoms. The molecule has 128 valence electrons. The van der Waals surface area contributed by atoms with E-state index in [2.05, 4.69) is 37.3 Å². The minimum absolute atomic E-state index is 0.195. The molecule has 0 aliphatic rings. The summed E-state index contributed by atoms with van der Waals surface area (Å²) in [5, 5.41) is 9.09. The first-order valence-electron chi connectivity index (χ1n) is 8.52. The van der Waals surface area contributed by atoms with Crippen LogP contribution in [0.3, 0.4) is 0 Å². The van der Waals surface area contributed by atoms with Crippen molar-refractivity contribution in [1.82, 2.24) is 4.98 Å². The zero-order valence-corrected chi connectivity index (χ0v) is 14.7. The van der Waals surface area contributed by atoms with Gasteiger partial charge in [0.05, 0.1) is 12.8 Å². The summed E-state index contributed by atoms with van der Waals surface area (Å²) in [5.74, 6) is 0.834. The molecule has 2 aromatic carbocycles. The molecule has 3 rings (SSSR count). The number of nitrogens with zero attached hydrogens (tertiary/aromatic N) is 1. The van der Waals surface area contributed by atoms with Gasteiger partial charge in [0.1, 0.15) is 5.75 Å². The Balaban J connectivity index is 2.07. The molecular weight excluding hydrogens is 310 g/mol. The zero-order chi connectivity index (χ0) is 17.6. The number of pyridine rings is 1. The number of hydrogen-bond donors (Lipinski definition) is 1. The molecule has 1 aromatic heterocycles. The summed E-state index contributed by atoms with van der Waals surface area (Å²) in [6.07, 6.45) is 3.48. The lowest BCUT2D eigenvalue weighted by Gasteiger charge is -2.12. The van der Waals surface area contributed by atoms with Crippen LogP contribution >= 0.6 is 0 Å². The Morgan fingerprint density at radius 2 is 1.64 bits per heavy atom. The maximum Gasteiger partial charge on any atom is 0.118 e. The van der Waals surface area contributed by atoms with Crippen molar-refractivity contribution in [3.05, 3.63) is 71.9 Å². The van der Waals surface area contributed by atoms with Crippen LogP contribution < -0.4 is 4.74 Å². The van der Waals surface area contributed by atoms with Gasteiger partial charge in [-0.3, -0.25) is 4.98 Å². The molecule has 0 fully saturated rings. The average Bonchev–Trinajstić information content (AvgIpc) is 2.67. The second-order valence-corrected chi connectivity index (χ2v) is 6.16. The van der Waals surface area contributed by atoms with E-state index in [0.29, 0.717) is 0 Å². The van der Waals surface area contributed by atoms with Crippen molar-refractivity contribution in [3.63, 3.8) is 0 Å². The van der Waals surface area contributed by atoms with Gasteiger partial charge in [0.25, 0.3) is 0 Å². The van der Waals surface area contributed by atoms with E-state index in [1.165, 1.54) is 5.56 Å². The van der Waals surface area contributed by atoms with Crippen LogP contribution in [-0.4, -0.2) is 23.8 Å². The minimum Gasteiger partial charge on any atom is -0.497 e. The number of benzene rings is 2. The van der Waals surface area contributed by atoms with Crippen molar-refractivity contribution in [3.8, 4) is 28.1 Å². The third-order valence-corrected chi connectivity index (χ3v) is 4.29. The maximum atomic E-state index is 9.09. The van der Waals surface area contributed by atoms with Crippen LogP contribution in [0, 0.1) is 6.92 Å². The van der Waals surface area contributed by atoms with E-state index < -0.39 is 0 Å². The van der Waals surface area contributed by atoms with Crippen LogP contribution in [0.5, 0.6) is 5.75 Å². The normalized spacial score (nSPS) is 10.7. The molecule has 0 spiro atoms. The summed E-state index contributed by atoms with van der Waals surface area (Å²) < 4.78 is 5.25. The van der Waals surface area contributed by atoms with E-state index in [4.69, 9.17) is 14.8 Å². The van der Waals surface area contributed by atoms with Crippen LogP contribution in [0.25, 0.3) is 22.4 Å². The summed E-state index contributed by atoms with van der Waals surface area (Å²) >= 11 is 0. The summed E-state index contributed by atoms with van der Waals surface area (Å²) in [6.45, 7) is 2.28. The van der Waals surface area contributed by atoms with Crippen molar-refractivity contribution < 1.29 is 9.84 Å². The molecular formula is C22H23NO2. The molecule has 0 aliphatic heterocycles. The van der Waals surface area contributed by atoms with Gasteiger partial charge in [0.15, 0.2) is 0 Å². The molecule has 1 heterocycles. The average molecular weight is 333 g/mol. The summed E-state index contributed by atoms with van der Waals surface area (Å²) in [5.41, 5.74) is 6.65. The van der Waals surface area contributed by atoms with E-state index in [9.17, 15) is 0 Å². The van der Waals surface area contributed by atoms with E-state index in [1.54, 1.807) is 7.11 Å². The Morgan fingerprint density at radius 3 is 2.28 bits per heavy atom. The Labute approximate surface area is 148 Å². The van der Waals surface area contributed by atoms with Gasteiger partial charge in [-0.15, -0.1) is 0 Å². The maximum absolute atomic E-state index is 9.09. The largest absolute Gasteiger partial charge is 0.497 e. The molecule has 0 bridgehead atoms. The van der Waals surface area contributed by atoms with Crippen molar-refractivity contribution in [2.24, 2.45) is 0 Å². The molecule has 0 saturated heterocycles. The second kappa shape index (κ2) is 7.95. The third kappa shape index (κ3) is 4.06. The minimum atomic E-state index is 0.195. The molecule has 1 N–H and O–H groups in total. The van der Waals surface area contributed by atoms with E-state index in [-0.39, 0.29) is 6.61 Å². The molecule has 0 radical (unpaired) electrons. The fourth-order valence-electron chi connectivity index (χ4n) is 2.86. The zero-order valence-electron chi connectivity index (χ0n) is 14.7. The van der Waals surface area contributed by atoms with Gasteiger partial charge in [0.2, 0.25) is 0 Å². The lowest BCUT2D eigenvalue weighted by molar-refractivity contribution is 0.288. The lowest BCUT2D eigenvalue weighted by atomic mass is 9.96. The Bertz CT molecular complexity index is 824. The molecule has 0 amide bonds. The highest BCUT2D eigenvalue weighted by Crippen LogP contribution is 2.32. The highest BCUT2D eigenvalue weighted by atomic mass is 16.5. The molecule has 0 aliphatic carbocycles. The number of aromatic nitrogens is 1. The highest BCUT2D eigenvalue weighted by Gasteiger charge is 2.11. The molecule has 3 aromatic rings. The van der Waals surface area contributed by atoms with Crippen LogP contribution in [0.4, 0.5) is 0 Å². The Kier molecular flexibility index (Phi) is 5.46. The summed E-state index contributed by atoms with van der Waals surface area (Å²) in [4.78, 5) is 4.73. The lowest BCUT2D eigenvalue weighted by Crippen LogP contribution is -1.96. The van der Waals surface area contributed by atoms with Crippen molar-refractivity contribution in [1.29, 1.82) is 0 Å². The first-order valence-corrected chi connectivity index (χ1v) is 8.52. The highest BCUT2D eigenvalue weighted by molar-refractivity contribution is 5.81. The number of hydrogen-bond acceptors (Lipinski definition) is 3. The molecule has 0 unspecified atom stereocenters. The molecule has 3 nitrogen and oxygen atoms in total. The summed E-state index contributed by atoms with van der Waals surface area (Å²) in [6, 6.07) is 18.7. The number of ether oxygens (including phenoxy) is 1. The van der Waals surface area contributed by atoms with Gasteiger partial charge in [-0.2, -0.15) is 0 Å². The number of rotatable bonds is 6. The predicted octanol–water partition coefficient (Wildman–Crippen LogP) is 4.66. The van der Waals surface area contributed by atoms with Gasteiger partial charge >= 0.3 is 0 Å². The first-order chi connectivity index (χ1) is 12.2. The second-order valence-electron chi connectivity index (χ2n) is 6.16. The fraction of sp³-hybridized carbons (Fsp3) is 0.227. The Morgan fingerprint density at radius 1 is 0.960 bits per heavy atom. The van der Waals surface area contributed by atoms with Crippen molar-refractivity contribution in [2.75, 3.05) is 13.7 Å². The number of methoxy groups -OCH3 is 1.